The summed E-state index contributed by atoms with van der Waals surface area (Å²) in [6, 6.07) is 8.45. The zero-order valence-corrected chi connectivity index (χ0v) is 17.6. The summed E-state index contributed by atoms with van der Waals surface area (Å²) < 4.78 is 26.8. The van der Waals surface area contributed by atoms with E-state index in [1.165, 1.54) is 7.05 Å². The van der Waals surface area contributed by atoms with Crippen LogP contribution in [0.5, 0.6) is 0 Å². The van der Waals surface area contributed by atoms with Gasteiger partial charge in [-0.25, -0.2) is 13.1 Å². The lowest BCUT2D eigenvalue weighted by molar-refractivity contribution is 0.0940. The summed E-state index contributed by atoms with van der Waals surface area (Å²) in [5, 5.41) is 4.65. The molecular weight excluding hydrogens is 392 g/mol. The number of rotatable bonds is 4. The number of sulfonamides is 1. The number of aryl methyl sites for hydroxylation is 3. The molecule has 0 fully saturated rings. The van der Waals surface area contributed by atoms with Gasteiger partial charge in [-0.05, 0) is 56.0 Å². The van der Waals surface area contributed by atoms with Gasteiger partial charge in [0.15, 0.2) is 5.69 Å². The highest BCUT2D eigenvalue weighted by Gasteiger charge is 2.24. The molecule has 0 saturated carbocycles. The Morgan fingerprint density at radius 1 is 1.00 bits per heavy atom. The van der Waals surface area contributed by atoms with Crippen molar-refractivity contribution >= 4 is 26.7 Å². The lowest BCUT2D eigenvalue weighted by atomic mass is 10.0. The van der Waals surface area contributed by atoms with Crippen molar-refractivity contribution in [3.8, 4) is 0 Å². The molecule has 1 amide bonds. The quantitative estimate of drug-likeness (QED) is 0.633. The van der Waals surface area contributed by atoms with Crippen LogP contribution in [0.4, 0.5) is 0 Å². The topological polar surface area (TPSA) is 110 Å². The van der Waals surface area contributed by atoms with Gasteiger partial charge < -0.3 is 0 Å². The number of fused-ring (bicyclic) bond motifs is 1. The molecule has 3 rings (SSSR count). The molecule has 9 heteroatoms. The van der Waals surface area contributed by atoms with E-state index in [0.29, 0.717) is 21.9 Å². The van der Waals surface area contributed by atoms with Crippen LogP contribution in [0.2, 0.25) is 0 Å². The Morgan fingerprint density at radius 2 is 1.55 bits per heavy atom. The van der Waals surface area contributed by atoms with Gasteiger partial charge >= 0.3 is 0 Å². The maximum atomic E-state index is 12.9. The Bertz CT molecular complexity index is 1280. The number of hydrogen-bond donors (Lipinski definition) is 2. The Hall–Kier alpha value is -3.04. The average molecular weight is 414 g/mol. The highest BCUT2D eigenvalue weighted by molar-refractivity contribution is 7.89. The third-order valence-corrected chi connectivity index (χ3v) is 6.56. The highest BCUT2D eigenvalue weighted by atomic mass is 32.2. The highest BCUT2D eigenvalue weighted by Crippen LogP contribution is 2.25. The van der Waals surface area contributed by atoms with Gasteiger partial charge in [0, 0.05) is 12.4 Å². The van der Waals surface area contributed by atoms with Crippen LogP contribution in [0.3, 0.4) is 0 Å². The van der Waals surface area contributed by atoms with Crippen LogP contribution in [0.25, 0.3) is 10.8 Å². The van der Waals surface area contributed by atoms with E-state index in [1.54, 1.807) is 38.1 Å². The predicted octanol–water partition coefficient (Wildman–Crippen LogP) is 1.79. The number of amides is 1. The fourth-order valence-electron chi connectivity index (χ4n) is 3.27. The maximum absolute atomic E-state index is 12.9. The molecule has 2 aromatic carbocycles. The molecular formula is C20H22N4O4S. The van der Waals surface area contributed by atoms with Gasteiger partial charge in [0.05, 0.1) is 10.3 Å². The van der Waals surface area contributed by atoms with E-state index in [0.717, 1.165) is 15.8 Å². The summed E-state index contributed by atoms with van der Waals surface area (Å²) in [5.41, 5.74) is 4.71. The van der Waals surface area contributed by atoms with Gasteiger partial charge in [-0.15, -0.1) is 4.83 Å². The van der Waals surface area contributed by atoms with Gasteiger partial charge in [-0.1, -0.05) is 24.3 Å². The van der Waals surface area contributed by atoms with Crippen LogP contribution in [-0.2, 0) is 17.1 Å². The van der Waals surface area contributed by atoms with E-state index in [2.05, 4.69) is 15.4 Å². The molecule has 0 aliphatic rings. The Morgan fingerprint density at radius 3 is 2.14 bits per heavy atom. The van der Waals surface area contributed by atoms with Gasteiger partial charge in [-0.2, -0.15) is 5.10 Å². The molecule has 0 radical (unpaired) electrons. The van der Waals surface area contributed by atoms with Crippen molar-refractivity contribution in [2.75, 3.05) is 0 Å². The number of nitrogens with zero attached hydrogens (tertiary/aromatic N) is 2. The van der Waals surface area contributed by atoms with Crippen molar-refractivity contribution in [2.24, 2.45) is 7.05 Å². The number of benzene rings is 2. The lowest BCUT2D eigenvalue weighted by Gasteiger charge is -2.16. The van der Waals surface area contributed by atoms with Gasteiger partial charge in [0.2, 0.25) is 0 Å². The summed E-state index contributed by atoms with van der Waals surface area (Å²) in [5.74, 6) is -0.764. The van der Waals surface area contributed by atoms with Crippen LogP contribution >= 0.6 is 0 Å². The molecule has 0 saturated heterocycles. The fourth-order valence-corrected chi connectivity index (χ4v) is 4.73. The third-order valence-electron chi connectivity index (χ3n) is 5.04. The Labute approximate surface area is 168 Å². The minimum Gasteiger partial charge on any atom is -0.272 e. The van der Waals surface area contributed by atoms with Crippen LogP contribution < -0.4 is 15.8 Å². The van der Waals surface area contributed by atoms with Crippen molar-refractivity contribution in [1.82, 2.24) is 20.0 Å². The number of hydrogen-bond acceptors (Lipinski definition) is 5. The zero-order chi connectivity index (χ0) is 21.5. The van der Waals surface area contributed by atoms with E-state index < -0.39 is 15.9 Å². The van der Waals surface area contributed by atoms with Gasteiger partial charge in [0.1, 0.15) is 0 Å². The second-order valence-corrected chi connectivity index (χ2v) is 8.59. The van der Waals surface area contributed by atoms with Crippen molar-refractivity contribution in [1.29, 1.82) is 0 Å². The molecule has 0 bridgehead atoms. The maximum Gasteiger partial charge on any atom is 0.287 e. The molecule has 29 heavy (non-hydrogen) atoms. The monoisotopic (exact) mass is 414 g/mol. The average Bonchev–Trinajstić information content (AvgIpc) is 2.67. The molecule has 8 nitrogen and oxygen atoms in total. The van der Waals surface area contributed by atoms with Crippen molar-refractivity contribution in [3.63, 3.8) is 0 Å². The summed E-state index contributed by atoms with van der Waals surface area (Å²) in [6.45, 7) is 7.11. The summed E-state index contributed by atoms with van der Waals surface area (Å²) >= 11 is 0. The molecule has 3 aromatic rings. The van der Waals surface area contributed by atoms with Crippen LogP contribution in [-0.4, -0.2) is 24.1 Å². The molecule has 0 aliphatic heterocycles. The first-order valence-corrected chi connectivity index (χ1v) is 10.4. The molecule has 0 unspecified atom stereocenters. The van der Waals surface area contributed by atoms with Gasteiger partial charge in [0.25, 0.3) is 21.5 Å². The Kier molecular flexibility index (Phi) is 5.29. The van der Waals surface area contributed by atoms with Crippen LogP contribution in [0.1, 0.15) is 32.7 Å². The standard InChI is InChI=1S/C20H22N4O4S/c1-11-10-12(2)14(4)18(13(11)3)29(27,28)23-21-19(25)17-15-8-6-7-9-16(15)20(26)24(5)22-17/h6-10,23H,1-5H3,(H,21,25). The van der Waals surface area contributed by atoms with Crippen molar-refractivity contribution in [3.05, 3.63) is 68.6 Å². The second-order valence-electron chi connectivity index (χ2n) is 6.97. The summed E-state index contributed by atoms with van der Waals surface area (Å²) in [7, 11) is -2.59. The predicted molar refractivity (Wildman–Crippen MR) is 110 cm³/mol. The van der Waals surface area contributed by atoms with E-state index in [-0.39, 0.29) is 16.1 Å². The van der Waals surface area contributed by atoms with Gasteiger partial charge in [-0.3, -0.25) is 15.0 Å². The van der Waals surface area contributed by atoms with Crippen molar-refractivity contribution < 1.29 is 13.2 Å². The number of carbonyl (C=O) groups excluding carboxylic acids is 1. The SMILES string of the molecule is Cc1cc(C)c(C)c(S(=O)(=O)NNC(=O)c2nn(C)c(=O)c3ccccc23)c1C. The van der Waals surface area contributed by atoms with Crippen LogP contribution in [0, 0.1) is 27.7 Å². The smallest absolute Gasteiger partial charge is 0.272 e. The van der Waals surface area contributed by atoms with E-state index >= 15 is 0 Å². The Balaban J connectivity index is 1.98. The largest absolute Gasteiger partial charge is 0.287 e. The minimum absolute atomic E-state index is 0.0562. The zero-order valence-electron chi connectivity index (χ0n) is 16.8. The van der Waals surface area contributed by atoms with E-state index in [1.807, 2.05) is 19.9 Å². The number of nitrogens with one attached hydrogen (secondary N) is 2. The summed E-state index contributed by atoms with van der Waals surface area (Å²) in [6.07, 6.45) is 0. The first kappa shape index (κ1) is 20.7. The molecule has 1 aromatic heterocycles. The van der Waals surface area contributed by atoms with E-state index in [4.69, 9.17) is 0 Å². The second kappa shape index (κ2) is 7.41. The van der Waals surface area contributed by atoms with E-state index in [9.17, 15) is 18.0 Å². The number of hydrazine groups is 1. The molecule has 0 aliphatic carbocycles. The fraction of sp³-hybridized carbons (Fsp3) is 0.250. The molecule has 1 heterocycles. The first-order chi connectivity index (χ1) is 13.5. The molecule has 0 spiro atoms. The number of carbonyl (C=O) groups is 1. The first-order valence-electron chi connectivity index (χ1n) is 8.90. The number of aromatic nitrogens is 2. The van der Waals surface area contributed by atoms with Crippen molar-refractivity contribution in [2.45, 2.75) is 32.6 Å². The molecule has 0 atom stereocenters. The molecule has 152 valence electrons. The minimum atomic E-state index is -4.02. The summed E-state index contributed by atoms with van der Waals surface area (Å²) in [4.78, 5) is 27.2. The molecule has 2 N–H and O–H groups in total. The third kappa shape index (κ3) is 3.66. The van der Waals surface area contributed by atoms with Crippen LogP contribution in [0.15, 0.2) is 40.0 Å². The normalized spacial score (nSPS) is 11.6. The lowest BCUT2D eigenvalue weighted by Crippen LogP contribution is -2.43.